The fourth-order valence-electron chi connectivity index (χ4n) is 4.35. The van der Waals surface area contributed by atoms with Crippen molar-refractivity contribution in [1.82, 2.24) is 10.2 Å². The van der Waals surface area contributed by atoms with E-state index in [0.717, 1.165) is 43.2 Å². The number of nitrogens with one attached hydrogen (secondary N) is 1. The van der Waals surface area contributed by atoms with E-state index in [1.807, 2.05) is 49.4 Å². The number of aryl methyl sites for hydroxylation is 1. The lowest BCUT2D eigenvalue weighted by atomic mass is 10.1. The van der Waals surface area contributed by atoms with Crippen LogP contribution in [-0.2, 0) is 22.4 Å². The van der Waals surface area contributed by atoms with Crippen LogP contribution in [0.2, 0.25) is 5.02 Å². The van der Waals surface area contributed by atoms with E-state index < -0.39 is 6.04 Å². The molecule has 4 nitrogen and oxygen atoms in total. The molecule has 2 aromatic rings. The Hall–Kier alpha value is -2.33. The molecule has 5 heteroatoms. The van der Waals surface area contributed by atoms with Crippen LogP contribution in [0, 0.1) is 0 Å². The van der Waals surface area contributed by atoms with Crippen LogP contribution >= 0.6 is 11.6 Å². The third-order valence-corrected chi connectivity index (χ3v) is 6.51. The number of hydrogen-bond donors (Lipinski definition) is 1. The number of hydrogen-bond acceptors (Lipinski definition) is 2. The molecule has 0 radical (unpaired) electrons. The second-order valence-electron chi connectivity index (χ2n) is 8.33. The van der Waals surface area contributed by atoms with Gasteiger partial charge in [-0.05, 0) is 49.3 Å². The number of nitrogens with zero attached hydrogens (tertiary/aromatic N) is 1. The standard InChI is InChI=1S/C26H33ClN2O2/c1-2-24(26(31)28-22-13-7-8-14-22)29(19-18-20-10-4-3-5-11-20)25(30)17-16-21-12-6-9-15-23(21)27/h3-6,9-12,15,22,24H,2,7-8,13-14,16-19H2,1H3,(H,28,31)/t24-/m0/s1. The quantitative estimate of drug-likeness (QED) is 0.553. The van der Waals surface area contributed by atoms with E-state index in [1.54, 1.807) is 4.90 Å². The molecule has 0 saturated heterocycles. The summed E-state index contributed by atoms with van der Waals surface area (Å²) in [4.78, 5) is 28.2. The third kappa shape index (κ3) is 6.83. The molecule has 0 unspecified atom stereocenters. The van der Waals surface area contributed by atoms with Crippen LogP contribution < -0.4 is 5.32 Å². The second-order valence-corrected chi connectivity index (χ2v) is 8.74. The highest BCUT2D eigenvalue weighted by atomic mass is 35.5. The minimum Gasteiger partial charge on any atom is -0.352 e. The zero-order chi connectivity index (χ0) is 22.1. The molecule has 0 spiro atoms. The highest BCUT2D eigenvalue weighted by Gasteiger charge is 2.30. The van der Waals surface area contributed by atoms with Crippen LogP contribution in [0.5, 0.6) is 0 Å². The molecule has 1 aliphatic rings. The first-order valence-electron chi connectivity index (χ1n) is 11.5. The van der Waals surface area contributed by atoms with Crippen molar-refractivity contribution in [3.8, 4) is 0 Å². The fourth-order valence-corrected chi connectivity index (χ4v) is 4.58. The number of carbonyl (C=O) groups excluding carboxylic acids is 2. The molecule has 31 heavy (non-hydrogen) atoms. The van der Waals surface area contributed by atoms with Gasteiger partial charge in [0, 0.05) is 24.0 Å². The molecule has 2 amide bonds. The third-order valence-electron chi connectivity index (χ3n) is 6.14. The Morgan fingerprint density at radius 2 is 1.71 bits per heavy atom. The summed E-state index contributed by atoms with van der Waals surface area (Å²) >= 11 is 6.27. The van der Waals surface area contributed by atoms with Gasteiger partial charge in [0.2, 0.25) is 11.8 Å². The van der Waals surface area contributed by atoms with Crippen molar-refractivity contribution >= 4 is 23.4 Å². The smallest absolute Gasteiger partial charge is 0.243 e. The van der Waals surface area contributed by atoms with Crippen molar-refractivity contribution in [1.29, 1.82) is 0 Å². The summed E-state index contributed by atoms with van der Waals surface area (Å²) in [6.07, 6.45) is 6.63. The van der Waals surface area contributed by atoms with Crippen LogP contribution in [-0.4, -0.2) is 35.3 Å². The first kappa shape index (κ1) is 23.3. The number of amides is 2. The molecule has 0 aromatic heterocycles. The number of benzene rings is 2. The van der Waals surface area contributed by atoms with Gasteiger partial charge in [-0.15, -0.1) is 0 Å². The Kier molecular flexibility index (Phi) is 8.96. The molecule has 1 saturated carbocycles. The minimum atomic E-state index is -0.442. The van der Waals surface area contributed by atoms with E-state index in [1.165, 1.54) is 0 Å². The highest BCUT2D eigenvalue weighted by molar-refractivity contribution is 6.31. The van der Waals surface area contributed by atoms with E-state index in [9.17, 15) is 9.59 Å². The van der Waals surface area contributed by atoms with Gasteiger partial charge in [0.05, 0.1) is 0 Å². The highest BCUT2D eigenvalue weighted by Crippen LogP contribution is 2.20. The fraction of sp³-hybridized carbons (Fsp3) is 0.462. The zero-order valence-corrected chi connectivity index (χ0v) is 19.1. The molecule has 2 aromatic carbocycles. The van der Waals surface area contributed by atoms with E-state index in [-0.39, 0.29) is 17.9 Å². The van der Waals surface area contributed by atoms with Crippen molar-refractivity contribution in [2.24, 2.45) is 0 Å². The van der Waals surface area contributed by atoms with Gasteiger partial charge >= 0.3 is 0 Å². The average molecular weight is 441 g/mol. The van der Waals surface area contributed by atoms with Crippen LogP contribution in [0.15, 0.2) is 54.6 Å². The molecule has 0 aliphatic heterocycles. The van der Waals surface area contributed by atoms with E-state index in [2.05, 4.69) is 17.4 Å². The molecule has 0 heterocycles. The Morgan fingerprint density at radius 3 is 2.39 bits per heavy atom. The maximum absolute atomic E-state index is 13.3. The normalized spacial score (nSPS) is 14.9. The Labute approximate surface area is 191 Å². The summed E-state index contributed by atoms with van der Waals surface area (Å²) in [6, 6.07) is 17.5. The molecule has 1 N–H and O–H groups in total. The van der Waals surface area contributed by atoms with Crippen LogP contribution in [0.4, 0.5) is 0 Å². The lowest BCUT2D eigenvalue weighted by Crippen LogP contribution is -2.51. The lowest BCUT2D eigenvalue weighted by Gasteiger charge is -2.31. The number of carbonyl (C=O) groups is 2. The van der Waals surface area contributed by atoms with Gasteiger partial charge in [-0.25, -0.2) is 0 Å². The summed E-state index contributed by atoms with van der Waals surface area (Å²) in [5.41, 5.74) is 2.13. The van der Waals surface area contributed by atoms with Crippen molar-refractivity contribution < 1.29 is 9.59 Å². The average Bonchev–Trinajstić information content (AvgIpc) is 3.29. The van der Waals surface area contributed by atoms with Gasteiger partial charge in [0.1, 0.15) is 6.04 Å². The summed E-state index contributed by atoms with van der Waals surface area (Å²) in [5, 5.41) is 3.87. The molecule has 166 valence electrons. The van der Waals surface area contributed by atoms with Gasteiger partial charge in [0.15, 0.2) is 0 Å². The predicted octanol–water partition coefficient (Wildman–Crippen LogP) is 5.18. The molecule has 1 aliphatic carbocycles. The maximum Gasteiger partial charge on any atom is 0.243 e. The first-order chi connectivity index (χ1) is 15.1. The second kappa shape index (κ2) is 11.9. The van der Waals surface area contributed by atoms with Crippen molar-refractivity contribution in [2.45, 2.75) is 70.4 Å². The van der Waals surface area contributed by atoms with Gasteiger partial charge in [0.25, 0.3) is 0 Å². The molecular weight excluding hydrogens is 408 g/mol. The first-order valence-corrected chi connectivity index (χ1v) is 11.8. The predicted molar refractivity (Wildman–Crippen MR) is 126 cm³/mol. The van der Waals surface area contributed by atoms with Crippen molar-refractivity contribution in [3.63, 3.8) is 0 Å². The number of halogens is 1. The zero-order valence-electron chi connectivity index (χ0n) is 18.4. The Bertz CT molecular complexity index is 849. The van der Waals surface area contributed by atoms with Crippen LogP contribution in [0.1, 0.15) is 56.6 Å². The largest absolute Gasteiger partial charge is 0.352 e. The van der Waals surface area contributed by atoms with Crippen molar-refractivity contribution in [3.05, 3.63) is 70.7 Å². The van der Waals surface area contributed by atoms with Crippen LogP contribution in [0.3, 0.4) is 0 Å². The Morgan fingerprint density at radius 1 is 1.03 bits per heavy atom. The summed E-state index contributed by atoms with van der Waals surface area (Å²) in [5.74, 6) is -0.0159. The van der Waals surface area contributed by atoms with Gasteiger partial charge < -0.3 is 10.2 Å². The summed E-state index contributed by atoms with van der Waals surface area (Å²) < 4.78 is 0. The molecule has 1 fully saturated rings. The van der Waals surface area contributed by atoms with E-state index in [4.69, 9.17) is 11.6 Å². The van der Waals surface area contributed by atoms with Gasteiger partial charge in [-0.2, -0.15) is 0 Å². The monoisotopic (exact) mass is 440 g/mol. The maximum atomic E-state index is 13.3. The lowest BCUT2D eigenvalue weighted by molar-refractivity contribution is -0.141. The summed E-state index contributed by atoms with van der Waals surface area (Å²) in [7, 11) is 0. The molecule has 3 rings (SSSR count). The van der Waals surface area contributed by atoms with Gasteiger partial charge in [-0.3, -0.25) is 9.59 Å². The van der Waals surface area contributed by atoms with Crippen LogP contribution in [0.25, 0.3) is 0 Å². The van der Waals surface area contributed by atoms with Crippen molar-refractivity contribution in [2.75, 3.05) is 6.54 Å². The molecule has 1 atom stereocenters. The minimum absolute atomic E-state index is 0.00396. The Balaban J connectivity index is 1.70. The molecule has 0 bridgehead atoms. The summed E-state index contributed by atoms with van der Waals surface area (Å²) in [6.45, 7) is 2.51. The topological polar surface area (TPSA) is 49.4 Å². The van der Waals surface area contributed by atoms with E-state index in [0.29, 0.717) is 30.8 Å². The number of rotatable bonds is 10. The SMILES string of the molecule is CC[C@@H](C(=O)NC1CCCC1)N(CCc1ccccc1)C(=O)CCc1ccccc1Cl. The molecular formula is C26H33ClN2O2. The van der Waals surface area contributed by atoms with Gasteiger partial charge in [-0.1, -0.05) is 79.9 Å². The van der Waals surface area contributed by atoms with E-state index >= 15 is 0 Å².